The average Bonchev–Trinajstić information content (AvgIpc) is 3.36. The van der Waals surface area contributed by atoms with Gasteiger partial charge >= 0.3 is 0 Å². The second-order valence-corrected chi connectivity index (χ2v) is 6.70. The molecule has 0 amide bonds. The Balaban J connectivity index is 1.55. The van der Waals surface area contributed by atoms with E-state index in [1.165, 1.54) is 0 Å². The van der Waals surface area contributed by atoms with Crippen molar-refractivity contribution in [1.29, 1.82) is 0 Å². The number of nitrogens with zero attached hydrogens (tertiary/aromatic N) is 6. The van der Waals surface area contributed by atoms with Gasteiger partial charge in [-0.1, -0.05) is 37.2 Å². The lowest BCUT2D eigenvalue weighted by atomic mass is 10.2. The minimum absolute atomic E-state index is 0.178. The van der Waals surface area contributed by atoms with Gasteiger partial charge in [-0.25, -0.2) is 9.67 Å². The Hall–Kier alpha value is -2.54. The summed E-state index contributed by atoms with van der Waals surface area (Å²) in [4.78, 5) is 11.4. The normalized spacial score (nSPS) is 18.3. The molecule has 0 N–H and O–H groups in total. The SMILES string of the molecule is CC(C)c1nc([C@H]2CCCN2Cc2ncnn2-c2ccccc2)no1. The summed E-state index contributed by atoms with van der Waals surface area (Å²) in [6, 6.07) is 10.3. The number of benzene rings is 1. The highest BCUT2D eigenvalue weighted by molar-refractivity contribution is 5.30. The van der Waals surface area contributed by atoms with E-state index in [9.17, 15) is 0 Å². The fourth-order valence-corrected chi connectivity index (χ4v) is 3.26. The molecule has 0 saturated carbocycles. The van der Waals surface area contributed by atoms with Crippen LogP contribution in [0, 0.1) is 0 Å². The van der Waals surface area contributed by atoms with Crippen molar-refractivity contribution in [3.8, 4) is 5.69 Å². The summed E-state index contributed by atoms with van der Waals surface area (Å²) >= 11 is 0. The van der Waals surface area contributed by atoms with E-state index in [1.54, 1.807) is 6.33 Å². The zero-order chi connectivity index (χ0) is 17.2. The molecular weight excluding hydrogens is 316 g/mol. The van der Waals surface area contributed by atoms with Gasteiger partial charge in [0.1, 0.15) is 12.2 Å². The van der Waals surface area contributed by atoms with Crippen molar-refractivity contribution in [2.24, 2.45) is 0 Å². The molecule has 0 radical (unpaired) electrons. The van der Waals surface area contributed by atoms with Gasteiger partial charge in [0.15, 0.2) is 5.82 Å². The molecule has 7 nitrogen and oxygen atoms in total. The molecule has 2 aromatic heterocycles. The first-order chi connectivity index (χ1) is 12.2. The summed E-state index contributed by atoms with van der Waals surface area (Å²) in [7, 11) is 0. The van der Waals surface area contributed by atoms with Crippen LogP contribution in [0.3, 0.4) is 0 Å². The van der Waals surface area contributed by atoms with Crippen LogP contribution in [0.4, 0.5) is 0 Å². The van der Waals surface area contributed by atoms with Crippen LogP contribution in [0.15, 0.2) is 41.2 Å². The number of aromatic nitrogens is 5. The molecule has 3 heterocycles. The third-order valence-corrected chi connectivity index (χ3v) is 4.58. The molecule has 1 aromatic carbocycles. The summed E-state index contributed by atoms with van der Waals surface area (Å²) in [6.45, 7) is 5.83. The third-order valence-electron chi connectivity index (χ3n) is 4.58. The number of likely N-dealkylation sites (tertiary alicyclic amines) is 1. The maximum atomic E-state index is 5.39. The van der Waals surface area contributed by atoms with Crippen molar-refractivity contribution in [3.63, 3.8) is 0 Å². The van der Waals surface area contributed by atoms with Crippen LogP contribution in [-0.4, -0.2) is 36.3 Å². The first kappa shape index (κ1) is 16.0. The van der Waals surface area contributed by atoms with Gasteiger partial charge in [-0.2, -0.15) is 10.1 Å². The van der Waals surface area contributed by atoms with E-state index < -0.39 is 0 Å². The molecule has 4 rings (SSSR count). The van der Waals surface area contributed by atoms with E-state index in [4.69, 9.17) is 4.52 Å². The van der Waals surface area contributed by atoms with Gasteiger partial charge in [-0.3, -0.25) is 4.90 Å². The summed E-state index contributed by atoms with van der Waals surface area (Å²) in [5, 5.41) is 8.59. The number of para-hydroxylation sites is 1. The Kier molecular flexibility index (Phi) is 4.31. The zero-order valence-electron chi connectivity index (χ0n) is 14.5. The molecule has 130 valence electrons. The lowest BCUT2D eigenvalue weighted by molar-refractivity contribution is 0.226. The predicted octanol–water partition coefficient (Wildman–Crippen LogP) is 3.11. The predicted molar refractivity (Wildman–Crippen MR) is 92.1 cm³/mol. The summed E-state index contributed by atoms with van der Waals surface area (Å²) in [5.74, 6) is 2.66. The van der Waals surface area contributed by atoms with E-state index in [2.05, 4.69) is 39.0 Å². The molecule has 3 aromatic rings. The summed E-state index contributed by atoms with van der Waals surface area (Å²) in [6.07, 6.45) is 3.77. The molecule has 0 unspecified atom stereocenters. The Morgan fingerprint density at radius 1 is 1.24 bits per heavy atom. The molecule has 1 aliphatic heterocycles. The summed E-state index contributed by atoms with van der Waals surface area (Å²) in [5.41, 5.74) is 1.02. The van der Waals surface area contributed by atoms with Crippen LogP contribution < -0.4 is 0 Å². The molecule has 1 fully saturated rings. The molecule has 0 bridgehead atoms. The Morgan fingerprint density at radius 2 is 2.08 bits per heavy atom. The van der Waals surface area contributed by atoms with E-state index in [-0.39, 0.29) is 12.0 Å². The fraction of sp³-hybridized carbons (Fsp3) is 0.444. The van der Waals surface area contributed by atoms with Crippen molar-refractivity contribution >= 4 is 0 Å². The molecule has 0 aliphatic carbocycles. The first-order valence-electron chi connectivity index (χ1n) is 8.74. The van der Waals surface area contributed by atoms with Gasteiger partial charge in [-0.05, 0) is 31.5 Å². The van der Waals surface area contributed by atoms with Gasteiger partial charge in [0.2, 0.25) is 5.89 Å². The van der Waals surface area contributed by atoms with Crippen LogP contribution >= 0.6 is 0 Å². The Labute approximate surface area is 146 Å². The summed E-state index contributed by atoms with van der Waals surface area (Å²) < 4.78 is 7.29. The smallest absolute Gasteiger partial charge is 0.229 e. The number of hydrogen-bond donors (Lipinski definition) is 0. The highest BCUT2D eigenvalue weighted by Gasteiger charge is 2.31. The van der Waals surface area contributed by atoms with E-state index in [0.29, 0.717) is 12.4 Å². The first-order valence-corrected chi connectivity index (χ1v) is 8.74. The molecule has 25 heavy (non-hydrogen) atoms. The van der Waals surface area contributed by atoms with Gasteiger partial charge in [0.25, 0.3) is 0 Å². The lowest BCUT2D eigenvalue weighted by Gasteiger charge is -2.21. The van der Waals surface area contributed by atoms with Crippen LogP contribution in [0.5, 0.6) is 0 Å². The Morgan fingerprint density at radius 3 is 2.84 bits per heavy atom. The second-order valence-electron chi connectivity index (χ2n) is 6.70. The van der Waals surface area contributed by atoms with Crippen molar-refractivity contribution in [1.82, 2.24) is 29.8 Å². The highest BCUT2D eigenvalue weighted by atomic mass is 16.5. The molecule has 1 saturated heterocycles. The van der Waals surface area contributed by atoms with E-state index in [0.717, 1.165) is 36.7 Å². The third kappa shape index (κ3) is 3.19. The number of rotatable bonds is 5. The largest absolute Gasteiger partial charge is 0.339 e. The second kappa shape index (κ2) is 6.76. The van der Waals surface area contributed by atoms with Crippen molar-refractivity contribution < 1.29 is 4.52 Å². The van der Waals surface area contributed by atoms with Gasteiger partial charge < -0.3 is 4.52 Å². The quantitative estimate of drug-likeness (QED) is 0.712. The van der Waals surface area contributed by atoms with Crippen LogP contribution in [0.1, 0.15) is 56.2 Å². The Bertz CT molecular complexity index is 825. The topological polar surface area (TPSA) is 72.9 Å². The fourth-order valence-electron chi connectivity index (χ4n) is 3.26. The average molecular weight is 338 g/mol. The zero-order valence-corrected chi connectivity index (χ0v) is 14.5. The minimum atomic E-state index is 0.178. The molecular formula is C18H22N6O. The van der Waals surface area contributed by atoms with Crippen molar-refractivity contribution in [2.75, 3.05) is 6.54 Å². The number of hydrogen-bond acceptors (Lipinski definition) is 6. The van der Waals surface area contributed by atoms with Crippen LogP contribution in [0.25, 0.3) is 5.69 Å². The van der Waals surface area contributed by atoms with Gasteiger partial charge in [0.05, 0.1) is 18.3 Å². The lowest BCUT2D eigenvalue weighted by Crippen LogP contribution is -2.25. The monoisotopic (exact) mass is 338 g/mol. The molecule has 0 spiro atoms. The maximum Gasteiger partial charge on any atom is 0.229 e. The molecule has 1 aliphatic rings. The van der Waals surface area contributed by atoms with Crippen LogP contribution in [-0.2, 0) is 6.54 Å². The van der Waals surface area contributed by atoms with Gasteiger partial charge in [0, 0.05) is 5.92 Å². The van der Waals surface area contributed by atoms with Crippen molar-refractivity contribution in [2.45, 2.75) is 45.2 Å². The van der Waals surface area contributed by atoms with Crippen LogP contribution in [0.2, 0.25) is 0 Å². The van der Waals surface area contributed by atoms with Crippen molar-refractivity contribution in [3.05, 3.63) is 54.2 Å². The minimum Gasteiger partial charge on any atom is -0.339 e. The highest BCUT2D eigenvalue weighted by Crippen LogP contribution is 2.32. The van der Waals surface area contributed by atoms with Gasteiger partial charge in [-0.15, -0.1) is 0 Å². The van der Waals surface area contributed by atoms with E-state index in [1.807, 2.05) is 35.0 Å². The molecule has 7 heteroatoms. The standard InChI is InChI=1S/C18H22N6O/c1-13(2)18-21-17(22-25-18)15-9-6-10-23(15)11-16-19-12-20-24(16)14-7-4-3-5-8-14/h3-5,7-8,12-13,15H,6,9-11H2,1-2H3/t15-/m1/s1. The van der Waals surface area contributed by atoms with E-state index >= 15 is 0 Å². The molecule has 1 atom stereocenters. The maximum absolute atomic E-state index is 5.39.